The Bertz CT molecular complexity index is 644. The van der Waals surface area contributed by atoms with Crippen molar-refractivity contribution in [1.29, 1.82) is 0 Å². The zero-order valence-electron chi connectivity index (χ0n) is 15.8. The molecule has 0 bridgehead atoms. The molecule has 0 aliphatic carbocycles. The highest BCUT2D eigenvalue weighted by molar-refractivity contribution is 5.98. The van der Waals surface area contributed by atoms with Gasteiger partial charge in [-0.2, -0.15) is 0 Å². The van der Waals surface area contributed by atoms with Crippen molar-refractivity contribution >= 4 is 17.6 Å². The van der Waals surface area contributed by atoms with Crippen molar-refractivity contribution in [3.8, 4) is 0 Å². The van der Waals surface area contributed by atoms with Gasteiger partial charge in [-0.05, 0) is 37.3 Å². The first-order valence-electron chi connectivity index (χ1n) is 9.10. The number of hydrogen-bond acceptors (Lipinski definition) is 4. The van der Waals surface area contributed by atoms with Gasteiger partial charge in [0.2, 0.25) is 5.91 Å². The lowest BCUT2D eigenvalue weighted by Crippen LogP contribution is -2.53. The third kappa shape index (κ3) is 5.14. The number of benzene rings is 1. The third-order valence-electron chi connectivity index (χ3n) is 5.01. The highest BCUT2D eigenvalue weighted by Crippen LogP contribution is 2.18. The molecule has 26 heavy (non-hydrogen) atoms. The van der Waals surface area contributed by atoms with Crippen LogP contribution < -0.4 is 10.6 Å². The quantitative estimate of drug-likeness (QED) is 0.778. The first-order valence-corrected chi connectivity index (χ1v) is 9.10. The number of ether oxygens (including phenoxy) is 1. The lowest BCUT2D eigenvalue weighted by Gasteiger charge is -2.25. The van der Waals surface area contributed by atoms with Crippen LogP contribution in [0.3, 0.4) is 0 Å². The molecule has 1 heterocycles. The van der Waals surface area contributed by atoms with Gasteiger partial charge >= 0.3 is 0 Å². The van der Waals surface area contributed by atoms with Crippen molar-refractivity contribution in [3.63, 3.8) is 0 Å². The summed E-state index contributed by atoms with van der Waals surface area (Å²) < 4.78 is 5.28. The average Bonchev–Trinajstić information content (AvgIpc) is 2.93. The Morgan fingerprint density at radius 3 is 2.38 bits per heavy atom. The van der Waals surface area contributed by atoms with Crippen LogP contribution in [-0.4, -0.2) is 42.4 Å². The van der Waals surface area contributed by atoms with E-state index < -0.39 is 12.1 Å². The minimum Gasteiger partial charge on any atom is -0.368 e. The second kappa shape index (κ2) is 8.94. The minimum atomic E-state index is -0.708. The van der Waals surface area contributed by atoms with Gasteiger partial charge in [-0.15, -0.1) is 0 Å². The van der Waals surface area contributed by atoms with Gasteiger partial charge in [-0.25, -0.2) is 0 Å². The number of ketones is 1. The van der Waals surface area contributed by atoms with E-state index in [0.717, 1.165) is 0 Å². The number of rotatable bonds is 7. The van der Waals surface area contributed by atoms with Crippen LogP contribution in [0.1, 0.15) is 44.5 Å². The smallest absolute Gasteiger partial charge is 0.251 e. The normalized spacial score (nSPS) is 22.1. The van der Waals surface area contributed by atoms with Gasteiger partial charge in [0.05, 0.1) is 6.10 Å². The zero-order chi connectivity index (χ0) is 19.3. The van der Waals surface area contributed by atoms with Crippen molar-refractivity contribution in [3.05, 3.63) is 35.9 Å². The van der Waals surface area contributed by atoms with Gasteiger partial charge in [0.15, 0.2) is 5.78 Å². The van der Waals surface area contributed by atoms with Crippen molar-refractivity contribution in [2.75, 3.05) is 6.61 Å². The number of hydrogen-bond donors (Lipinski definition) is 2. The van der Waals surface area contributed by atoms with E-state index >= 15 is 0 Å². The Balaban J connectivity index is 2.10. The van der Waals surface area contributed by atoms with Crippen LogP contribution in [0.5, 0.6) is 0 Å². The first-order chi connectivity index (χ1) is 12.3. The van der Waals surface area contributed by atoms with Crippen LogP contribution in [0.15, 0.2) is 30.3 Å². The van der Waals surface area contributed by atoms with E-state index in [2.05, 4.69) is 24.5 Å². The van der Waals surface area contributed by atoms with Crippen LogP contribution in [0, 0.1) is 11.8 Å². The van der Waals surface area contributed by atoms with E-state index in [1.54, 1.807) is 31.2 Å². The van der Waals surface area contributed by atoms with E-state index in [0.29, 0.717) is 17.9 Å². The van der Waals surface area contributed by atoms with Crippen LogP contribution in [-0.2, 0) is 14.3 Å². The molecule has 142 valence electrons. The highest BCUT2D eigenvalue weighted by atomic mass is 16.5. The SMILES string of the molecule is CC(C)C(C)C[C@H](NC(=O)c1ccccc1)C(=O)N[C@@H]1C(=O)CO[C@H]1C. The molecule has 1 unspecified atom stereocenters. The van der Waals surface area contributed by atoms with Crippen molar-refractivity contribution in [1.82, 2.24) is 10.6 Å². The Kier molecular flexibility index (Phi) is 6.91. The standard InChI is InChI=1S/C20H28N2O4/c1-12(2)13(3)10-16(21-19(24)15-8-6-5-7-9-15)20(25)22-18-14(4)26-11-17(18)23/h5-9,12-14,16,18H,10-11H2,1-4H3,(H,21,24)(H,22,25)/t13?,14-,16-,18-/m0/s1. The fraction of sp³-hybridized carbons (Fsp3) is 0.550. The molecule has 0 aromatic heterocycles. The van der Waals surface area contributed by atoms with Gasteiger partial charge in [-0.1, -0.05) is 39.0 Å². The van der Waals surface area contributed by atoms with Crippen LogP contribution in [0.25, 0.3) is 0 Å². The number of amides is 2. The molecule has 1 saturated heterocycles. The predicted octanol–water partition coefficient (Wildman–Crippen LogP) is 1.94. The Morgan fingerprint density at radius 2 is 1.85 bits per heavy atom. The summed E-state index contributed by atoms with van der Waals surface area (Å²) in [6.07, 6.45) is 0.137. The van der Waals surface area contributed by atoms with Gasteiger partial charge in [0.1, 0.15) is 18.7 Å². The number of carbonyl (C=O) groups excluding carboxylic acids is 3. The summed E-state index contributed by atoms with van der Waals surface area (Å²) in [6, 6.07) is 7.41. The summed E-state index contributed by atoms with van der Waals surface area (Å²) in [5, 5.41) is 5.57. The van der Waals surface area contributed by atoms with Gasteiger partial charge in [0.25, 0.3) is 5.91 Å². The topological polar surface area (TPSA) is 84.5 Å². The Morgan fingerprint density at radius 1 is 1.19 bits per heavy atom. The molecule has 6 heteroatoms. The van der Waals surface area contributed by atoms with Gasteiger partial charge < -0.3 is 15.4 Å². The lowest BCUT2D eigenvalue weighted by molar-refractivity contribution is -0.127. The monoisotopic (exact) mass is 360 g/mol. The second-order valence-corrected chi connectivity index (χ2v) is 7.32. The molecule has 1 aliphatic rings. The molecule has 1 fully saturated rings. The number of carbonyl (C=O) groups is 3. The molecule has 6 nitrogen and oxygen atoms in total. The number of Topliss-reactive ketones (excluding diaryl/α,β-unsaturated/α-hetero) is 1. The minimum absolute atomic E-state index is 0.00948. The van der Waals surface area contributed by atoms with E-state index in [1.165, 1.54) is 0 Å². The molecule has 0 saturated carbocycles. The van der Waals surface area contributed by atoms with Crippen molar-refractivity contribution < 1.29 is 19.1 Å². The Hall–Kier alpha value is -2.21. The summed E-state index contributed by atoms with van der Waals surface area (Å²) in [4.78, 5) is 37.2. The maximum absolute atomic E-state index is 12.8. The summed E-state index contributed by atoms with van der Waals surface area (Å²) >= 11 is 0. The first kappa shape index (κ1) is 20.1. The van der Waals surface area contributed by atoms with E-state index in [1.807, 2.05) is 13.0 Å². The Labute approximate surface area is 154 Å². The number of nitrogens with one attached hydrogen (secondary N) is 2. The molecule has 0 spiro atoms. The summed E-state index contributed by atoms with van der Waals surface area (Å²) in [7, 11) is 0. The lowest BCUT2D eigenvalue weighted by atomic mass is 9.90. The van der Waals surface area contributed by atoms with Crippen LogP contribution >= 0.6 is 0 Å². The van der Waals surface area contributed by atoms with Gasteiger partial charge in [-0.3, -0.25) is 14.4 Å². The molecule has 0 radical (unpaired) electrons. The molecular weight excluding hydrogens is 332 g/mol. The van der Waals surface area contributed by atoms with Gasteiger partial charge in [0, 0.05) is 5.56 Å². The maximum Gasteiger partial charge on any atom is 0.251 e. The molecule has 1 aliphatic heterocycles. The second-order valence-electron chi connectivity index (χ2n) is 7.32. The van der Waals surface area contributed by atoms with Crippen LogP contribution in [0.4, 0.5) is 0 Å². The van der Waals surface area contributed by atoms with Crippen molar-refractivity contribution in [2.24, 2.45) is 11.8 Å². The maximum atomic E-state index is 12.8. The van der Waals surface area contributed by atoms with Crippen LogP contribution in [0.2, 0.25) is 0 Å². The fourth-order valence-corrected chi connectivity index (χ4v) is 2.82. The van der Waals surface area contributed by atoms with Crippen molar-refractivity contribution in [2.45, 2.75) is 52.3 Å². The van der Waals surface area contributed by atoms with E-state index in [4.69, 9.17) is 4.74 Å². The zero-order valence-corrected chi connectivity index (χ0v) is 15.8. The van der Waals surface area contributed by atoms with E-state index in [9.17, 15) is 14.4 Å². The summed E-state index contributed by atoms with van der Waals surface area (Å²) in [6.45, 7) is 7.97. The molecule has 2 rings (SSSR count). The third-order valence-corrected chi connectivity index (χ3v) is 5.01. The molecule has 1 aromatic carbocycles. The molecule has 2 amide bonds. The predicted molar refractivity (Wildman–Crippen MR) is 98.7 cm³/mol. The molecule has 1 aromatic rings. The summed E-state index contributed by atoms with van der Waals surface area (Å²) in [5.41, 5.74) is 0.496. The average molecular weight is 360 g/mol. The molecular formula is C20H28N2O4. The molecule has 4 atom stereocenters. The molecule has 2 N–H and O–H groups in total. The fourth-order valence-electron chi connectivity index (χ4n) is 2.82. The highest BCUT2D eigenvalue weighted by Gasteiger charge is 2.36. The summed E-state index contributed by atoms with van der Waals surface area (Å²) in [5.74, 6) is -0.193. The largest absolute Gasteiger partial charge is 0.368 e. The van der Waals surface area contributed by atoms with E-state index in [-0.39, 0.29) is 36.2 Å².